The zero-order valence-electron chi connectivity index (χ0n) is 7.65. The second-order valence-corrected chi connectivity index (χ2v) is 4.40. The van der Waals surface area contributed by atoms with Crippen molar-refractivity contribution >= 4 is 11.8 Å². The van der Waals surface area contributed by atoms with E-state index in [1.807, 2.05) is 11.8 Å². The average Bonchev–Trinajstić information content (AvgIpc) is 2.75. The molecule has 0 spiro atoms. The van der Waals surface area contributed by atoms with Crippen molar-refractivity contribution < 1.29 is 0 Å². The largest absolute Gasteiger partial charge is 0.156 e. The van der Waals surface area contributed by atoms with Crippen LogP contribution in [-0.4, -0.2) is 11.5 Å². The summed E-state index contributed by atoms with van der Waals surface area (Å²) in [5.41, 5.74) is 1.50. The molecule has 0 bridgehead atoms. The van der Waals surface area contributed by atoms with E-state index >= 15 is 0 Å². The summed E-state index contributed by atoms with van der Waals surface area (Å²) in [5, 5.41) is 0. The third-order valence-electron chi connectivity index (χ3n) is 2.25. The van der Waals surface area contributed by atoms with Gasteiger partial charge in [0.05, 0.1) is 0 Å². The summed E-state index contributed by atoms with van der Waals surface area (Å²) < 4.78 is 0. The minimum Gasteiger partial charge on any atom is -0.156 e. The summed E-state index contributed by atoms with van der Waals surface area (Å²) >= 11 is 2.03. The fourth-order valence-corrected chi connectivity index (χ4v) is 2.58. The number of allylic oxidation sites excluding steroid dienone is 7. The molecule has 2 aliphatic rings. The van der Waals surface area contributed by atoms with E-state index in [-0.39, 0.29) is 0 Å². The predicted molar refractivity (Wildman–Crippen MR) is 60.9 cm³/mol. The lowest BCUT2D eigenvalue weighted by atomic mass is 10.2. The van der Waals surface area contributed by atoms with Crippen molar-refractivity contribution in [1.82, 2.24) is 0 Å². The highest BCUT2D eigenvalue weighted by Gasteiger charge is 2.04. The monoisotopic (exact) mass is 190 g/mol. The van der Waals surface area contributed by atoms with Crippen LogP contribution < -0.4 is 0 Å². The van der Waals surface area contributed by atoms with Crippen LogP contribution >= 0.6 is 11.8 Å². The van der Waals surface area contributed by atoms with Gasteiger partial charge in [-0.3, -0.25) is 0 Å². The molecule has 2 aliphatic carbocycles. The smallest absolute Gasteiger partial charge is 0.0181 e. The Hall–Kier alpha value is -0.690. The van der Waals surface area contributed by atoms with Gasteiger partial charge in [-0.1, -0.05) is 42.5 Å². The summed E-state index contributed by atoms with van der Waals surface area (Å²) in [6, 6.07) is 0. The summed E-state index contributed by atoms with van der Waals surface area (Å²) in [4.78, 5) is 0. The Kier molecular flexibility index (Phi) is 3.09. The number of rotatable bonds is 4. The first kappa shape index (κ1) is 8.89. The van der Waals surface area contributed by atoms with Gasteiger partial charge in [-0.2, -0.15) is 11.8 Å². The fourth-order valence-electron chi connectivity index (χ4n) is 1.52. The highest BCUT2D eigenvalue weighted by Crippen LogP contribution is 2.20. The molecule has 0 aromatic carbocycles. The van der Waals surface area contributed by atoms with Crippen molar-refractivity contribution in [2.45, 2.75) is 6.42 Å². The summed E-state index contributed by atoms with van der Waals surface area (Å²) in [6.45, 7) is 0. The van der Waals surface area contributed by atoms with Crippen LogP contribution in [0.15, 0.2) is 48.1 Å². The van der Waals surface area contributed by atoms with Crippen LogP contribution in [0.5, 0.6) is 0 Å². The molecule has 0 saturated heterocycles. The molecule has 0 radical (unpaired) electrons. The Morgan fingerprint density at radius 2 is 2.15 bits per heavy atom. The van der Waals surface area contributed by atoms with E-state index in [1.165, 1.54) is 17.1 Å². The van der Waals surface area contributed by atoms with Gasteiger partial charge >= 0.3 is 0 Å². The van der Waals surface area contributed by atoms with Crippen LogP contribution in [-0.2, 0) is 0 Å². The van der Waals surface area contributed by atoms with Gasteiger partial charge in [-0.25, -0.2) is 0 Å². The molecule has 0 atom stereocenters. The van der Waals surface area contributed by atoms with Gasteiger partial charge in [-0.05, 0) is 12.0 Å². The Balaban J connectivity index is 1.66. The van der Waals surface area contributed by atoms with Crippen LogP contribution in [0.4, 0.5) is 0 Å². The van der Waals surface area contributed by atoms with Gasteiger partial charge in [-0.15, -0.1) is 0 Å². The highest BCUT2D eigenvalue weighted by molar-refractivity contribution is 7.99. The number of hydrogen-bond acceptors (Lipinski definition) is 1. The lowest BCUT2D eigenvalue weighted by Gasteiger charge is -2.04. The molecule has 0 amide bonds. The second kappa shape index (κ2) is 4.52. The number of thioether (sulfide) groups is 1. The first-order chi connectivity index (χ1) is 6.45. The normalized spacial score (nSPS) is 20.2. The quantitative estimate of drug-likeness (QED) is 0.655. The minimum absolute atomic E-state index is 0.677. The molecule has 0 saturated carbocycles. The van der Waals surface area contributed by atoms with Crippen molar-refractivity contribution in [3.8, 4) is 0 Å². The molecule has 0 unspecified atom stereocenters. The molecule has 0 aromatic heterocycles. The highest BCUT2D eigenvalue weighted by atomic mass is 32.2. The van der Waals surface area contributed by atoms with Gasteiger partial charge in [0.25, 0.3) is 0 Å². The zero-order valence-corrected chi connectivity index (χ0v) is 8.46. The van der Waals surface area contributed by atoms with Crippen molar-refractivity contribution in [2.75, 3.05) is 11.5 Å². The van der Waals surface area contributed by atoms with Crippen molar-refractivity contribution in [1.29, 1.82) is 0 Å². The molecule has 0 heterocycles. The van der Waals surface area contributed by atoms with E-state index in [4.69, 9.17) is 0 Å². The Bertz CT molecular complexity index is 269. The molecular formula is C12H14S. The van der Waals surface area contributed by atoms with Crippen LogP contribution in [0, 0.1) is 5.92 Å². The van der Waals surface area contributed by atoms with E-state index < -0.39 is 0 Å². The summed E-state index contributed by atoms with van der Waals surface area (Å²) in [6.07, 6.45) is 16.7. The lowest BCUT2D eigenvalue weighted by Crippen LogP contribution is -1.94. The topological polar surface area (TPSA) is 0 Å². The molecule has 68 valence electrons. The first-order valence-electron chi connectivity index (χ1n) is 4.73. The SMILES string of the molecule is C1=CC(CSCC2=CCC=C2)C=C1. The van der Waals surface area contributed by atoms with E-state index in [9.17, 15) is 0 Å². The molecule has 13 heavy (non-hydrogen) atoms. The third-order valence-corrected chi connectivity index (χ3v) is 3.41. The Labute approximate surface area is 84.1 Å². The maximum absolute atomic E-state index is 2.31. The molecule has 0 nitrogen and oxygen atoms in total. The molecule has 0 aliphatic heterocycles. The van der Waals surface area contributed by atoms with E-state index in [0.29, 0.717) is 5.92 Å². The standard InChI is InChI=1S/C12H14S/c1-2-6-11(5-1)9-13-10-12-7-3-4-8-12/h1-3,5-8,11H,4,9-10H2. The summed E-state index contributed by atoms with van der Waals surface area (Å²) in [7, 11) is 0. The molecule has 2 rings (SSSR count). The maximum atomic E-state index is 2.31. The van der Waals surface area contributed by atoms with Gasteiger partial charge in [0.15, 0.2) is 0 Å². The van der Waals surface area contributed by atoms with Gasteiger partial charge < -0.3 is 0 Å². The summed E-state index contributed by atoms with van der Waals surface area (Å²) in [5.74, 6) is 3.07. The minimum atomic E-state index is 0.677. The Morgan fingerprint density at radius 3 is 2.85 bits per heavy atom. The maximum Gasteiger partial charge on any atom is 0.0181 e. The van der Waals surface area contributed by atoms with Crippen molar-refractivity contribution in [3.05, 3.63) is 48.1 Å². The molecule has 0 fully saturated rings. The van der Waals surface area contributed by atoms with Gasteiger partial charge in [0, 0.05) is 17.4 Å². The van der Waals surface area contributed by atoms with Crippen molar-refractivity contribution in [3.63, 3.8) is 0 Å². The van der Waals surface area contributed by atoms with E-state index in [0.717, 1.165) is 6.42 Å². The van der Waals surface area contributed by atoms with Crippen LogP contribution in [0.3, 0.4) is 0 Å². The van der Waals surface area contributed by atoms with E-state index in [2.05, 4.69) is 42.5 Å². The van der Waals surface area contributed by atoms with Crippen LogP contribution in [0.2, 0.25) is 0 Å². The predicted octanol–water partition coefficient (Wildman–Crippen LogP) is 3.35. The Morgan fingerprint density at radius 1 is 1.31 bits per heavy atom. The zero-order chi connectivity index (χ0) is 8.93. The van der Waals surface area contributed by atoms with Crippen molar-refractivity contribution in [2.24, 2.45) is 5.92 Å². The second-order valence-electron chi connectivity index (χ2n) is 3.37. The third kappa shape index (κ3) is 2.63. The van der Waals surface area contributed by atoms with E-state index in [1.54, 1.807) is 0 Å². The van der Waals surface area contributed by atoms with Gasteiger partial charge in [0.1, 0.15) is 0 Å². The lowest BCUT2D eigenvalue weighted by molar-refractivity contribution is 0.976. The molecule has 0 aromatic rings. The molecular weight excluding hydrogens is 176 g/mol. The fraction of sp³-hybridized carbons (Fsp3) is 0.333. The van der Waals surface area contributed by atoms with Gasteiger partial charge in [0.2, 0.25) is 0 Å². The average molecular weight is 190 g/mol. The first-order valence-corrected chi connectivity index (χ1v) is 5.89. The van der Waals surface area contributed by atoms with Crippen LogP contribution in [0.1, 0.15) is 6.42 Å². The van der Waals surface area contributed by atoms with Crippen LogP contribution in [0.25, 0.3) is 0 Å². The molecule has 0 N–H and O–H groups in total. The number of hydrogen-bond donors (Lipinski definition) is 0. The molecule has 1 heteroatoms.